The normalized spacial score (nSPS) is 23.0. The van der Waals surface area contributed by atoms with Crippen molar-refractivity contribution in [3.05, 3.63) is 12.2 Å². The Bertz CT molecular complexity index is 226. The average Bonchev–Trinajstić information content (AvgIpc) is 2.29. The molecule has 0 heteroatoms. The van der Waals surface area contributed by atoms with E-state index in [1.54, 1.807) is 0 Å². The third-order valence-electron chi connectivity index (χ3n) is 3.23. The van der Waals surface area contributed by atoms with Crippen LogP contribution in [0.3, 0.4) is 0 Å². The fourth-order valence-corrected chi connectivity index (χ4v) is 2.16. The Hall–Kier alpha value is -0.700. The first-order chi connectivity index (χ1) is 8.00. The van der Waals surface area contributed by atoms with Gasteiger partial charge in [0, 0.05) is 6.42 Å². The van der Waals surface area contributed by atoms with Gasteiger partial charge >= 0.3 is 0 Å². The molecule has 0 saturated carbocycles. The standard InChI is InChI=1S/C16H26/c1-2-4-6-8-10-12-14-16-15-13-11-9-7-5-3-1/h1-2H,3,5,7-16H2/b2-1+. The van der Waals surface area contributed by atoms with E-state index in [1.807, 2.05) is 6.08 Å². The number of rotatable bonds is 0. The van der Waals surface area contributed by atoms with Crippen LogP contribution in [0.2, 0.25) is 0 Å². The van der Waals surface area contributed by atoms with E-state index in [1.165, 1.54) is 70.6 Å². The highest BCUT2D eigenvalue weighted by Crippen LogP contribution is 2.12. The van der Waals surface area contributed by atoms with Gasteiger partial charge in [0.2, 0.25) is 0 Å². The van der Waals surface area contributed by atoms with E-state index >= 15 is 0 Å². The van der Waals surface area contributed by atoms with Gasteiger partial charge in [-0.1, -0.05) is 69.3 Å². The van der Waals surface area contributed by atoms with E-state index in [0.29, 0.717) is 0 Å². The van der Waals surface area contributed by atoms with Crippen LogP contribution in [0.4, 0.5) is 0 Å². The van der Waals surface area contributed by atoms with Crippen molar-refractivity contribution in [3.8, 4) is 11.8 Å². The monoisotopic (exact) mass is 218 g/mol. The maximum atomic E-state index is 3.23. The van der Waals surface area contributed by atoms with Gasteiger partial charge in [-0.2, -0.15) is 0 Å². The molecule has 0 nitrogen and oxygen atoms in total. The molecule has 1 rings (SSSR count). The van der Waals surface area contributed by atoms with Crippen LogP contribution in [0.1, 0.15) is 77.0 Å². The largest absolute Gasteiger partial charge is 0.0985 e. The van der Waals surface area contributed by atoms with Gasteiger partial charge in [-0.15, -0.1) is 0 Å². The van der Waals surface area contributed by atoms with Crippen LogP contribution >= 0.6 is 0 Å². The quantitative estimate of drug-likeness (QED) is 0.488. The molecule has 0 radical (unpaired) electrons. The summed E-state index contributed by atoms with van der Waals surface area (Å²) in [4.78, 5) is 0. The van der Waals surface area contributed by atoms with E-state index in [9.17, 15) is 0 Å². The molecule has 0 fully saturated rings. The molecule has 0 unspecified atom stereocenters. The summed E-state index contributed by atoms with van der Waals surface area (Å²) in [6.07, 6.45) is 20.6. The van der Waals surface area contributed by atoms with Crippen molar-refractivity contribution in [2.24, 2.45) is 0 Å². The van der Waals surface area contributed by atoms with E-state index < -0.39 is 0 Å². The molecule has 1 aliphatic rings. The number of hydrogen-bond acceptors (Lipinski definition) is 0. The van der Waals surface area contributed by atoms with Crippen molar-refractivity contribution in [1.82, 2.24) is 0 Å². The molecule has 0 atom stereocenters. The van der Waals surface area contributed by atoms with Gasteiger partial charge < -0.3 is 0 Å². The Labute approximate surface area is 102 Å². The van der Waals surface area contributed by atoms with Crippen molar-refractivity contribution in [2.75, 3.05) is 0 Å². The second-order valence-electron chi connectivity index (χ2n) is 4.80. The lowest BCUT2D eigenvalue weighted by Gasteiger charge is -2.01. The van der Waals surface area contributed by atoms with E-state index in [0.717, 1.165) is 6.42 Å². The van der Waals surface area contributed by atoms with Gasteiger partial charge in [0.25, 0.3) is 0 Å². The molecule has 0 saturated heterocycles. The van der Waals surface area contributed by atoms with Gasteiger partial charge in [-0.3, -0.25) is 0 Å². The minimum atomic E-state index is 1.09. The zero-order chi connectivity index (χ0) is 11.3. The van der Waals surface area contributed by atoms with Gasteiger partial charge in [-0.05, 0) is 25.3 Å². The topological polar surface area (TPSA) is 0 Å². The summed E-state index contributed by atoms with van der Waals surface area (Å²) in [5.74, 6) is 6.37. The van der Waals surface area contributed by atoms with E-state index in [-0.39, 0.29) is 0 Å². The SMILES string of the molecule is C1#CCCCCCCCCCCCC/C=C/1. The first-order valence-corrected chi connectivity index (χ1v) is 7.13. The molecule has 0 spiro atoms. The van der Waals surface area contributed by atoms with Gasteiger partial charge in [0.1, 0.15) is 0 Å². The second kappa shape index (κ2) is 10.8. The third kappa shape index (κ3) is 8.60. The van der Waals surface area contributed by atoms with Crippen LogP contribution in [0.5, 0.6) is 0 Å². The molecule has 0 aliphatic heterocycles. The molecule has 0 amide bonds. The van der Waals surface area contributed by atoms with Crippen LogP contribution in [-0.2, 0) is 0 Å². The van der Waals surface area contributed by atoms with Gasteiger partial charge in [0.15, 0.2) is 0 Å². The first-order valence-electron chi connectivity index (χ1n) is 7.13. The summed E-state index contributed by atoms with van der Waals surface area (Å²) < 4.78 is 0. The van der Waals surface area contributed by atoms with Crippen molar-refractivity contribution in [2.45, 2.75) is 77.0 Å². The molecule has 16 heavy (non-hydrogen) atoms. The molecular formula is C16H26. The summed E-state index contributed by atoms with van der Waals surface area (Å²) in [5.41, 5.74) is 0. The second-order valence-corrected chi connectivity index (χ2v) is 4.80. The van der Waals surface area contributed by atoms with Crippen molar-refractivity contribution < 1.29 is 0 Å². The van der Waals surface area contributed by atoms with Crippen molar-refractivity contribution >= 4 is 0 Å². The lowest BCUT2D eigenvalue weighted by Crippen LogP contribution is -1.82. The predicted octanol–water partition coefficient (Wildman–Crippen LogP) is 5.24. The highest BCUT2D eigenvalue weighted by Gasteiger charge is 1.92. The Balaban J connectivity index is 2.18. The molecule has 0 heterocycles. The van der Waals surface area contributed by atoms with Gasteiger partial charge in [-0.25, -0.2) is 0 Å². The Morgan fingerprint density at radius 1 is 0.625 bits per heavy atom. The van der Waals surface area contributed by atoms with E-state index in [4.69, 9.17) is 0 Å². The highest BCUT2D eigenvalue weighted by atomic mass is 14.0. The molecule has 0 aromatic carbocycles. The highest BCUT2D eigenvalue weighted by molar-refractivity contribution is 5.14. The van der Waals surface area contributed by atoms with Crippen LogP contribution < -0.4 is 0 Å². The van der Waals surface area contributed by atoms with Crippen LogP contribution in [-0.4, -0.2) is 0 Å². The van der Waals surface area contributed by atoms with Crippen LogP contribution in [0.25, 0.3) is 0 Å². The summed E-state index contributed by atoms with van der Waals surface area (Å²) in [6, 6.07) is 0. The minimum absolute atomic E-state index is 1.09. The fourth-order valence-electron chi connectivity index (χ4n) is 2.16. The number of allylic oxidation sites excluding steroid dienone is 2. The smallest absolute Gasteiger partial charge is 0.00922 e. The number of hydrogen-bond donors (Lipinski definition) is 0. The molecule has 90 valence electrons. The van der Waals surface area contributed by atoms with Crippen LogP contribution in [0, 0.1) is 11.8 Å². The third-order valence-corrected chi connectivity index (χ3v) is 3.23. The first kappa shape index (κ1) is 13.4. The van der Waals surface area contributed by atoms with Crippen molar-refractivity contribution in [3.63, 3.8) is 0 Å². The average molecular weight is 218 g/mol. The lowest BCUT2D eigenvalue weighted by atomic mass is 10.0. The Kier molecular flexibility index (Phi) is 9.03. The molecule has 1 aliphatic carbocycles. The van der Waals surface area contributed by atoms with E-state index in [2.05, 4.69) is 17.9 Å². The maximum Gasteiger partial charge on any atom is 0.00922 e. The Morgan fingerprint density at radius 2 is 1.19 bits per heavy atom. The molecule has 0 N–H and O–H groups in total. The summed E-state index contributed by atoms with van der Waals surface area (Å²) >= 11 is 0. The van der Waals surface area contributed by atoms with Gasteiger partial charge in [0.05, 0.1) is 0 Å². The Morgan fingerprint density at radius 3 is 1.88 bits per heavy atom. The zero-order valence-corrected chi connectivity index (χ0v) is 10.6. The van der Waals surface area contributed by atoms with Crippen molar-refractivity contribution in [1.29, 1.82) is 0 Å². The predicted molar refractivity (Wildman–Crippen MR) is 72.3 cm³/mol. The molecular weight excluding hydrogens is 192 g/mol. The molecule has 0 aromatic rings. The zero-order valence-electron chi connectivity index (χ0n) is 10.6. The fraction of sp³-hybridized carbons (Fsp3) is 0.750. The summed E-state index contributed by atoms with van der Waals surface area (Å²) in [6.45, 7) is 0. The minimum Gasteiger partial charge on any atom is -0.0985 e. The van der Waals surface area contributed by atoms with Crippen LogP contribution in [0.15, 0.2) is 12.2 Å². The molecule has 0 aromatic heterocycles. The molecule has 0 bridgehead atoms. The summed E-state index contributed by atoms with van der Waals surface area (Å²) in [5, 5.41) is 0. The summed E-state index contributed by atoms with van der Waals surface area (Å²) in [7, 11) is 0. The lowest BCUT2D eigenvalue weighted by molar-refractivity contribution is 0.554. The maximum absolute atomic E-state index is 3.23.